The Hall–Kier alpha value is -1.58. The van der Waals surface area contributed by atoms with Gasteiger partial charge in [-0.1, -0.05) is 27.7 Å². The fraction of sp³-hybridized carbons (Fsp3) is 0.700. The van der Waals surface area contributed by atoms with E-state index in [2.05, 4.69) is 13.8 Å². The number of aryl methyl sites for hydroxylation is 1. The summed E-state index contributed by atoms with van der Waals surface area (Å²) in [6.07, 6.45) is 4.38. The van der Waals surface area contributed by atoms with Gasteiger partial charge in [0.25, 0.3) is 0 Å². The Labute approximate surface area is 143 Å². The number of furan rings is 1. The lowest BCUT2D eigenvalue weighted by atomic mass is 9.54. The number of fused-ring (bicyclic) bond motifs is 2. The van der Waals surface area contributed by atoms with E-state index < -0.39 is 0 Å². The van der Waals surface area contributed by atoms with Crippen LogP contribution in [0.1, 0.15) is 68.6 Å². The third kappa shape index (κ3) is 2.70. The van der Waals surface area contributed by atoms with Gasteiger partial charge in [0.2, 0.25) is 5.78 Å². The molecule has 2 aliphatic carbocycles. The van der Waals surface area contributed by atoms with Gasteiger partial charge in [0, 0.05) is 17.9 Å². The minimum absolute atomic E-state index is 0.0365. The smallest absolute Gasteiger partial charge is 0.306 e. The molecule has 0 amide bonds. The first-order valence-electron chi connectivity index (χ1n) is 9.04. The Morgan fingerprint density at radius 2 is 2.12 bits per heavy atom. The maximum atomic E-state index is 12.9. The Balaban J connectivity index is 1.83. The lowest BCUT2D eigenvalue weighted by Crippen LogP contribution is -2.52. The van der Waals surface area contributed by atoms with Crippen molar-refractivity contribution in [3.05, 3.63) is 23.2 Å². The molecule has 1 aromatic heterocycles. The lowest BCUT2D eigenvalue weighted by molar-refractivity contribution is -0.160. The molecule has 3 rings (SSSR count). The zero-order valence-corrected chi connectivity index (χ0v) is 15.3. The van der Waals surface area contributed by atoms with Crippen molar-refractivity contribution in [2.24, 2.45) is 23.2 Å². The topological polar surface area (TPSA) is 56.5 Å². The number of esters is 1. The Morgan fingerprint density at radius 1 is 1.42 bits per heavy atom. The van der Waals surface area contributed by atoms with E-state index in [9.17, 15) is 9.59 Å². The van der Waals surface area contributed by atoms with Gasteiger partial charge >= 0.3 is 5.97 Å². The summed E-state index contributed by atoms with van der Waals surface area (Å²) in [5, 5.41) is 0. The van der Waals surface area contributed by atoms with Crippen LogP contribution < -0.4 is 0 Å². The second kappa shape index (κ2) is 6.05. The molecule has 1 fully saturated rings. The van der Waals surface area contributed by atoms with Gasteiger partial charge in [-0.25, -0.2) is 0 Å². The fourth-order valence-electron chi connectivity index (χ4n) is 4.51. The predicted octanol–water partition coefficient (Wildman–Crippen LogP) is 4.34. The van der Waals surface area contributed by atoms with Crippen LogP contribution in [0.25, 0.3) is 0 Å². The van der Waals surface area contributed by atoms with Crippen molar-refractivity contribution in [2.75, 3.05) is 0 Å². The van der Waals surface area contributed by atoms with Crippen molar-refractivity contribution in [1.82, 2.24) is 0 Å². The summed E-state index contributed by atoms with van der Waals surface area (Å²) in [7, 11) is 0. The van der Waals surface area contributed by atoms with E-state index in [1.807, 2.05) is 20.8 Å². The largest absolute Gasteiger partial charge is 0.462 e. The number of ether oxygens (including phenoxy) is 1. The molecule has 4 nitrogen and oxygen atoms in total. The van der Waals surface area contributed by atoms with Gasteiger partial charge in [-0.05, 0) is 49.0 Å². The Kier molecular flexibility index (Phi) is 4.35. The highest BCUT2D eigenvalue weighted by Crippen LogP contribution is 2.53. The van der Waals surface area contributed by atoms with Gasteiger partial charge in [-0.3, -0.25) is 9.59 Å². The number of carbonyl (C=O) groups excluding carboxylic acids is 2. The molecule has 0 bridgehead atoms. The molecule has 0 saturated heterocycles. The van der Waals surface area contributed by atoms with Crippen molar-refractivity contribution in [1.29, 1.82) is 0 Å². The van der Waals surface area contributed by atoms with Crippen LogP contribution in [0.4, 0.5) is 0 Å². The van der Waals surface area contributed by atoms with Crippen LogP contribution in [0.15, 0.2) is 10.7 Å². The number of Topliss-reactive ketones (excluding diaryl/α,β-unsaturated/α-hetero) is 1. The number of hydrogen-bond donors (Lipinski definition) is 0. The van der Waals surface area contributed by atoms with Crippen LogP contribution in [-0.2, 0) is 16.0 Å². The molecule has 1 aromatic rings. The van der Waals surface area contributed by atoms with E-state index in [-0.39, 0.29) is 35.1 Å². The molecule has 4 atom stereocenters. The third-order valence-electron chi connectivity index (χ3n) is 6.19. The van der Waals surface area contributed by atoms with Crippen LogP contribution in [0.3, 0.4) is 0 Å². The van der Waals surface area contributed by atoms with Crippen LogP contribution in [0, 0.1) is 30.1 Å². The van der Waals surface area contributed by atoms with Crippen molar-refractivity contribution >= 4 is 11.8 Å². The standard InChI is InChI=1S/C20H28O4/c1-11(2)8-17(21)24-16-7-6-15-18(22)19-14(12(3)10-23-19)9-20(15,5)13(16)4/h10-11,13,15-16H,6-9H2,1-5H3. The van der Waals surface area contributed by atoms with E-state index in [1.54, 1.807) is 6.26 Å². The molecule has 4 unspecified atom stereocenters. The lowest BCUT2D eigenvalue weighted by Gasteiger charge is -2.50. The van der Waals surface area contributed by atoms with E-state index in [4.69, 9.17) is 9.15 Å². The number of hydrogen-bond acceptors (Lipinski definition) is 4. The van der Waals surface area contributed by atoms with Crippen LogP contribution in [0.2, 0.25) is 0 Å². The number of ketones is 1. The zero-order chi connectivity index (χ0) is 17.6. The average molecular weight is 332 g/mol. The Bertz CT molecular complexity index is 657. The molecule has 4 heteroatoms. The molecule has 2 aliphatic rings. The first-order valence-corrected chi connectivity index (χ1v) is 9.04. The van der Waals surface area contributed by atoms with Crippen LogP contribution >= 0.6 is 0 Å². The quantitative estimate of drug-likeness (QED) is 0.773. The SMILES string of the molecule is Cc1coc2c1CC1(C)C(CCC(OC(=O)CC(C)C)C1C)C2=O. The van der Waals surface area contributed by atoms with Crippen molar-refractivity contribution in [2.45, 2.75) is 66.4 Å². The summed E-state index contributed by atoms with van der Waals surface area (Å²) in [6.45, 7) is 10.3. The van der Waals surface area contributed by atoms with Crippen molar-refractivity contribution < 1.29 is 18.7 Å². The summed E-state index contributed by atoms with van der Waals surface area (Å²) in [5.41, 5.74) is 1.91. The van der Waals surface area contributed by atoms with Crippen LogP contribution in [-0.4, -0.2) is 17.9 Å². The summed E-state index contributed by atoms with van der Waals surface area (Å²) in [4.78, 5) is 25.0. The maximum absolute atomic E-state index is 12.9. The Morgan fingerprint density at radius 3 is 2.79 bits per heavy atom. The normalized spacial score (nSPS) is 32.4. The minimum Gasteiger partial charge on any atom is -0.462 e. The van der Waals surface area contributed by atoms with Gasteiger partial charge in [-0.2, -0.15) is 0 Å². The molecule has 0 aromatic carbocycles. The maximum Gasteiger partial charge on any atom is 0.306 e. The fourth-order valence-corrected chi connectivity index (χ4v) is 4.51. The van der Waals surface area contributed by atoms with Gasteiger partial charge in [-0.15, -0.1) is 0 Å². The van der Waals surface area contributed by atoms with E-state index in [0.717, 1.165) is 30.4 Å². The monoisotopic (exact) mass is 332 g/mol. The highest BCUT2D eigenvalue weighted by Gasteiger charge is 2.54. The predicted molar refractivity (Wildman–Crippen MR) is 90.8 cm³/mol. The highest BCUT2D eigenvalue weighted by molar-refractivity contribution is 5.98. The molecule has 0 aliphatic heterocycles. The molecule has 0 spiro atoms. The van der Waals surface area contributed by atoms with Gasteiger partial charge in [0.1, 0.15) is 6.10 Å². The second-order valence-electron chi connectivity index (χ2n) is 8.32. The molecule has 1 heterocycles. The summed E-state index contributed by atoms with van der Waals surface area (Å²) in [5.74, 6) is 0.978. The number of rotatable bonds is 3. The first kappa shape index (κ1) is 17.2. The third-order valence-corrected chi connectivity index (χ3v) is 6.19. The molecule has 24 heavy (non-hydrogen) atoms. The summed E-state index contributed by atoms with van der Waals surface area (Å²) >= 11 is 0. The highest BCUT2D eigenvalue weighted by atomic mass is 16.5. The van der Waals surface area contributed by atoms with Crippen LogP contribution in [0.5, 0.6) is 0 Å². The van der Waals surface area contributed by atoms with Gasteiger partial charge in [0.05, 0.1) is 6.26 Å². The second-order valence-corrected chi connectivity index (χ2v) is 8.32. The summed E-state index contributed by atoms with van der Waals surface area (Å²) < 4.78 is 11.3. The van der Waals surface area contributed by atoms with Crippen molar-refractivity contribution in [3.8, 4) is 0 Å². The molecular formula is C20H28O4. The minimum atomic E-state index is -0.181. The molecule has 1 saturated carbocycles. The molecule has 132 valence electrons. The first-order chi connectivity index (χ1) is 11.2. The van der Waals surface area contributed by atoms with Crippen molar-refractivity contribution in [3.63, 3.8) is 0 Å². The summed E-state index contributed by atoms with van der Waals surface area (Å²) in [6, 6.07) is 0. The number of carbonyl (C=O) groups is 2. The van der Waals surface area contributed by atoms with Gasteiger partial charge < -0.3 is 9.15 Å². The molecule has 0 N–H and O–H groups in total. The molecule has 0 radical (unpaired) electrons. The molecular weight excluding hydrogens is 304 g/mol. The van der Waals surface area contributed by atoms with E-state index >= 15 is 0 Å². The average Bonchev–Trinajstić information content (AvgIpc) is 2.84. The zero-order valence-electron chi connectivity index (χ0n) is 15.3. The van der Waals surface area contributed by atoms with E-state index in [0.29, 0.717) is 18.1 Å². The van der Waals surface area contributed by atoms with E-state index in [1.165, 1.54) is 0 Å². The van der Waals surface area contributed by atoms with Gasteiger partial charge in [0.15, 0.2) is 5.76 Å².